The number of amides is 1. The summed E-state index contributed by atoms with van der Waals surface area (Å²) in [5.74, 6) is -0.122. The van der Waals surface area contributed by atoms with Crippen molar-refractivity contribution < 1.29 is 13.2 Å². The maximum absolute atomic E-state index is 13.0. The van der Waals surface area contributed by atoms with Crippen LogP contribution in [0.2, 0.25) is 0 Å². The quantitative estimate of drug-likeness (QED) is 0.800. The largest absolute Gasteiger partial charge is 0.338 e. The van der Waals surface area contributed by atoms with Crippen LogP contribution in [0.25, 0.3) is 0 Å². The van der Waals surface area contributed by atoms with E-state index in [0.29, 0.717) is 31.7 Å². The Morgan fingerprint density at radius 1 is 1.11 bits per heavy atom. The predicted molar refractivity (Wildman–Crippen MR) is 113 cm³/mol. The van der Waals surface area contributed by atoms with E-state index in [1.54, 1.807) is 27.4 Å². The first-order valence-electron chi connectivity index (χ1n) is 9.87. The van der Waals surface area contributed by atoms with Crippen LogP contribution >= 0.6 is 12.4 Å². The van der Waals surface area contributed by atoms with E-state index in [0.717, 1.165) is 32.1 Å². The number of hydrogen-bond acceptors (Lipinski definition) is 4. The van der Waals surface area contributed by atoms with E-state index in [-0.39, 0.29) is 34.7 Å². The van der Waals surface area contributed by atoms with Crippen LogP contribution in [0.4, 0.5) is 0 Å². The summed E-state index contributed by atoms with van der Waals surface area (Å²) in [4.78, 5) is 15.0. The van der Waals surface area contributed by atoms with Crippen molar-refractivity contribution in [2.24, 2.45) is 11.1 Å². The highest BCUT2D eigenvalue weighted by Gasteiger charge is 2.36. The molecule has 3 rings (SSSR count). The van der Waals surface area contributed by atoms with Gasteiger partial charge in [-0.1, -0.05) is 32.8 Å². The van der Waals surface area contributed by atoms with Gasteiger partial charge in [-0.05, 0) is 42.9 Å². The Bertz CT molecular complexity index is 790. The number of likely N-dealkylation sites (tertiary alicyclic amines) is 1. The minimum atomic E-state index is -3.56. The molecule has 1 atom stereocenters. The zero-order chi connectivity index (χ0) is 19.7. The SMILES string of the molecule is CC1(C)CN(C(=O)c2cccc(S(=O)(=O)N3CCCCCC3)c2)CCC1N.Cl. The molecule has 2 aliphatic heterocycles. The van der Waals surface area contributed by atoms with Crippen molar-refractivity contribution in [3.63, 3.8) is 0 Å². The summed E-state index contributed by atoms with van der Waals surface area (Å²) in [6.07, 6.45) is 4.67. The molecular formula is C20H32ClN3O3S. The zero-order valence-electron chi connectivity index (χ0n) is 16.8. The van der Waals surface area contributed by atoms with Crippen molar-refractivity contribution in [2.45, 2.75) is 56.9 Å². The monoisotopic (exact) mass is 429 g/mol. The summed E-state index contributed by atoms with van der Waals surface area (Å²) >= 11 is 0. The van der Waals surface area contributed by atoms with Crippen molar-refractivity contribution in [1.29, 1.82) is 0 Å². The van der Waals surface area contributed by atoms with Crippen LogP contribution in [0.5, 0.6) is 0 Å². The molecular weight excluding hydrogens is 398 g/mol. The Morgan fingerprint density at radius 3 is 2.36 bits per heavy atom. The fraction of sp³-hybridized carbons (Fsp3) is 0.650. The molecule has 0 radical (unpaired) electrons. The van der Waals surface area contributed by atoms with Crippen LogP contribution in [0.1, 0.15) is 56.3 Å². The third kappa shape index (κ3) is 4.87. The fourth-order valence-electron chi connectivity index (χ4n) is 3.95. The van der Waals surface area contributed by atoms with Crippen LogP contribution in [0, 0.1) is 5.41 Å². The second kappa shape index (κ2) is 9.11. The lowest BCUT2D eigenvalue weighted by molar-refractivity contribution is 0.0532. The van der Waals surface area contributed by atoms with E-state index in [1.165, 1.54) is 6.07 Å². The second-order valence-electron chi connectivity index (χ2n) is 8.46. The van der Waals surface area contributed by atoms with E-state index in [4.69, 9.17) is 5.73 Å². The minimum absolute atomic E-state index is 0. The average molecular weight is 430 g/mol. The van der Waals surface area contributed by atoms with Gasteiger partial charge in [-0.25, -0.2) is 8.42 Å². The number of carbonyl (C=O) groups excluding carboxylic acids is 1. The van der Waals surface area contributed by atoms with E-state index in [2.05, 4.69) is 13.8 Å². The van der Waals surface area contributed by atoms with Gasteiger partial charge in [0.25, 0.3) is 5.91 Å². The van der Waals surface area contributed by atoms with E-state index in [1.807, 2.05) is 0 Å². The molecule has 158 valence electrons. The summed E-state index contributed by atoms with van der Waals surface area (Å²) in [6, 6.07) is 6.55. The van der Waals surface area contributed by atoms with Crippen molar-refractivity contribution in [1.82, 2.24) is 9.21 Å². The highest BCUT2D eigenvalue weighted by atomic mass is 35.5. The van der Waals surface area contributed by atoms with Gasteiger partial charge in [-0.3, -0.25) is 4.79 Å². The van der Waals surface area contributed by atoms with Gasteiger partial charge >= 0.3 is 0 Å². The van der Waals surface area contributed by atoms with Crippen LogP contribution in [-0.2, 0) is 10.0 Å². The zero-order valence-corrected chi connectivity index (χ0v) is 18.4. The Kier molecular flexibility index (Phi) is 7.53. The summed E-state index contributed by atoms with van der Waals surface area (Å²) in [6.45, 7) is 6.43. The van der Waals surface area contributed by atoms with E-state index < -0.39 is 10.0 Å². The normalized spacial score (nSPS) is 23.5. The van der Waals surface area contributed by atoms with Gasteiger partial charge in [-0.2, -0.15) is 4.31 Å². The standard InChI is InChI=1S/C20H31N3O3S.ClH/c1-20(2)15-22(13-10-18(20)21)19(24)16-8-7-9-17(14-16)27(25,26)23-11-5-3-4-6-12-23;/h7-9,14,18H,3-6,10-13,15,21H2,1-2H3;1H. The Morgan fingerprint density at radius 2 is 1.75 bits per heavy atom. The van der Waals surface area contributed by atoms with Crippen molar-refractivity contribution >= 4 is 28.3 Å². The molecule has 2 aliphatic rings. The van der Waals surface area contributed by atoms with Crippen LogP contribution in [-0.4, -0.2) is 55.8 Å². The molecule has 1 amide bonds. The van der Waals surface area contributed by atoms with Crippen molar-refractivity contribution in [2.75, 3.05) is 26.2 Å². The second-order valence-corrected chi connectivity index (χ2v) is 10.4. The van der Waals surface area contributed by atoms with Gasteiger partial charge in [-0.15, -0.1) is 12.4 Å². The number of piperidine rings is 1. The summed E-state index contributed by atoms with van der Waals surface area (Å²) in [7, 11) is -3.56. The van der Waals surface area contributed by atoms with Gasteiger partial charge < -0.3 is 10.6 Å². The molecule has 1 unspecified atom stereocenters. The molecule has 0 aromatic heterocycles. The number of sulfonamides is 1. The Balaban J connectivity index is 0.00000280. The smallest absolute Gasteiger partial charge is 0.253 e. The highest BCUT2D eigenvalue weighted by Crippen LogP contribution is 2.29. The van der Waals surface area contributed by atoms with Crippen LogP contribution < -0.4 is 5.73 Å². The fourth-order valence-corrected chi connectivity index (χ4v) is 5.51. The first-order chi connectivity index (χ1) is 12.7. The van der Waals surface area contributed by atoms with Crippen LogP contribution in [0.15, 0.2) is 29.2 Å². The maximum Gasteiger partial charge on any atom is 0.253 e. The first-order valence-corrected chi connectivity index (χ1v) is 11.3. The lowest BCUT2D eigenvalue weighted by Crippen LogP contribution is -2.54. The molecule has 2 N–H and O–H groups in total. The molecule has 0 saturated carbocycles. The lowest BCUT2D eigenvalue weighted by Gasteiger charge is -2.42. The molecule has 8 heteroatoms. The van der Waals surface area contributed by atoms with E-state index >= 15 is 0 Å². The number of nitrogens with two attached hydrogens (primary N) is 1. The predicted octanol–water partition coefficient (Wildman–Crippen LogP) is 2.87. The highest BCUT2D eigenvalue weighted by molar-refractivity contribution is 7.89. The van der Waals surface area contributed by atoms with Gasteiger partial charge in [0.15, 0.2) is 0 Å². The number of halogens is 1. The number of rotatable bonds is 3. The Hall–Kier alpha value is -1.15. The Labute approximate surface area is 174 Å². The topological polar surface area (TPSA) is 83.7 Å². The summed E-state index contributed by atoms with van der Waals surface area (Å²) in [5, 5.41) is 0. The average Bonchev–Trinajstić information content (AvgIpc) is 2.93. The summed E-state index contributed by atoms with van der Waals surface area (Å²) in [5.41, 5.74) is 6.45. The van der Waals surface area contributed by atoms with Gasteiger partial charge in [0.2, 0.25) is 10.0 Å². The van der Waals surface area contributed by atoms with Crippen molar-refractivity contribution in [3.8, 4) is 0 Å². The number of nitrogens with zero attached hydrogens (tertiary/aromatic N) is 2. The van der Waals surface area contributed by atoms with Gasteiger partial charge in [0.05, 0.1) is 4.90 Å². The number of carbonyl (C=O) groups is 1. The van der Waals surface area contributed by atoms with Crippen LogP contribution in [0.3, 0.4) is 0 Å². The molecule has 1 aromatic carbocycles. The molecule has 2 heterocycles. The molecule has 0 spiro atoms. The number of hydrogen-bond donors (Lipinski definition) is 1. The molecule has 6 nitrogen and oxygen atoms in total. The molecule has 0 bridgehead atoms. The third-order valence-corrected chi connectivity index (χ3v) is 7.78. The molecule has 28 heavy (non-hydrogen) atoms. The third-order valence-electron chi connectivity index (χ3n) is 5.88. The maximum atomic E-state index is 13.0. The lowest BCUT2D eigenvalue weighted by atomic mass is 9.79. The van der Waals surface area contributed by atoms with Gasteiger partial charge in [0.1, 0.15) is 0 Å². The van der Waals surface area contributed by atoms with Crippen molar-refractivity contribution in [3.05, 3.63) is 29.8 Å². The molecule has 0 aliphatic carbocycles. The molecule has 1 aromatic rings. The summed E-state index contributed by atoms with van der Waals surface area (Å²) < 4.78 is 27.6. The number of benzene rings is 1. The van der Waals surface area contributed by atoms with Gasteiger partial charge in [0, 0.05) is 37.8 Å². The molecule has 2 fully saturated rings. The first kappa shape index (κ1) is 23.1. The molecule has 2 saturated heterocycles. The minimum Gasteiger partial charge on any atom is -0.338 e. The van der Waals surface area contributed by atoms with E-state index in [9.17, 15) is 13.2 Å².